The summed E-state index contributed by atoms with van der Waals surface area (Å²) in [5.41, 5.74) is 2.34. The maximum Gasteiger partial charge on any atom is 0.417 e. The minimum atomic E-state index is -4.47. The molecular weight excluding hydrogens is 381 g/mol. The largest absolute Gasteiger partial charge is 0.417 e. The third-order valence-corrected chi connectivity index (χ3v) is 5.00. The number of hydrazine groups is 1. The fourth-order valence-electron chi connectivity index (χ4n) is 2.19. The molecule has 1 atom stereocenters. The van der Waals surface area contributed by atoms with Gasteiger partial charge < -0.3 is 5.32 Å². The molecule has 0 aliphatic rings. The molecule has 2 aromatic rings. The molecular formula is C17H19F3N4O2S. The predicted molar refractivity (Wildman–Crippen MR) is 97.3 cm³/mol. The first-order chi connectivity index (χ1) is 12.7. The van der Waals surface area contributed by atoms with Crippen molar-refractivity contribution < 1.29 is 22.8 Å². The molecule has 2 heterocycles. The number of nitrogens with zero attached hydrogens (tertiary/aromatic N) is 2. The minimum Gasteiger partial charge on any atom is -0.376 e. The normalized spacial score (nSPS) is 12.4. The zero-order valence-corrected chi connectivity index (χ0v) is 15.7. The summed E-state index contributed by atoms with van der Waals surface area (Å²) in [4.78, 5) is 27.2. The second-order valence-corrected chi connectivity index (χ2v) is 6.85. The average molecular weight is 400 g/mol. The summed E-state index contributed by atoms with van der Waals surface area (Å²) >= 11 is 1.24. The van der Waals surface area contributed by atoms with E-state index >= 15 is 0 Å². The Hall–Kier alpha value is -2.62. The molecule has 2 N–H and O–H groups in total. The molecule has 0 radical (unpaired) electrons. The van der Waals surface area contributed by atoms with Crippen molar-refractivity contribution in [1.82, 2.24) is 10.4 Å². The predicted octanol–water partition coefficient (Wildman–Crippen LogP) is 4.05. The van der Waals surface area contributed by atoms with Crippen LogP contribution in [0.4, 0.5) is 23.9 Å². The summed E-state index contributed by atoms with van der Waals surface area (Å²) in [7, 11) is 0. The molecule has 6 nitrogen and oxygen atoms in total. The van der Waals surface area contributed by atoms with Crippen LogP contribution >= 0.6 is 11.3 Å². The van der Waals surface area contributed by atoms with Crippen molar-refractivity contribution in [2.75, 3.05) is 10.3 Å². The SMILES string of the molecule is CCC(=O)NN(C=O)c1ccc([C@H](C)Nc2cc(C(F)(F)F)cnc2C)s1. The van der Waals surface area contributed by atoms with E-state index in [1.54, 1.807) is 32.9 Å². The highest BCUT2D eigenvalue weighted by molar-refractivity contribution is 7.16. The van der Waals surface area contributed by atoms with Crippen LogP contribution in [0.5, 0.6) is 0 Å². The summed E-state index contributed by atoms with van der Waals surface area (Å²) in [5, 5.41) is 4.58. The van der Waals surface area contributed by atoms with Gasteiger partial charge in [0.1, 0.15) is 5.00 Å². The molecule has 2 aromatic heterocycles. The Kier molecular flexibility index (Phi) is 6.42. The number of anilines is 2. The number of rotatable bonds is 7. The van der Waals surface area contributed by atoms with Gasteiger partial charge in [0.15, 0.2) is 0 Å². The van der Waals surface area contributed by atoms with Gasteiger partial charge in [0.25, 0.3) is 0 Å². The molecule has 27 heavy (non-hydrogen) atoms. The number of halogens is 3. The highest BCUT2D eigenvalue weighted by Gasteiger charge is 2.31. The van der Waals surface area contributed by atoms with Crippen LogP contribution in [0.2, 0.25) is 0 Å². The lowest BCUT2D eigenvalue weighted by Gasteiger charge is -2.18. The molecule has 0 aliphatic heterocycles. The topological polar surface area (TPSA) is 74.3 Å². The van der Waals surface area contributed by atoms with Gasteiger partial charge >= 0.3 is 6.18 Å². The zero-order valence-electron chi connectivity index (χ0n) is 14.9. The van der Waals surface area contributed by atoms with Gasteiger partial charge in [-0.1, -0.05) is 6.92 Å². The molecule has 0 fully saturated rings. The van der Waals surface area contributed by atoms with E-state index in [0.717, 1.165) is 22.1 Å². The Morgan fingerprint density at radius 3 is 2.70 bits per heavy atom. The van der Waals surface area contributed by atoms with Gasteiger partial charge in [0.2, 0.25) is 12.3 Å². The van der Waals surface area contributed by atoms with E-state index in [9.17, 15) is 22.8 Å². The summed E-state index contributed by atoms with van der Waals surface area (Å²) in [5.74, 6) is -0.311. The minimum absolute atomic E-state index is 0.225. The summed E-state index contributed by atoms with van der Waals surface area (Å²) < 4.78 is 38.7. The van der Waals surface area contributed by atoms with Gasteiger partial charge in [0.05, 0.1) is 23.0 Å². The van der Waals surface area contributed by atoms with Crippen LogP contribution < -0.4 is 15.8 Å². The molecule has 0 unspecified atom stereocenters. The van der Waals surface area contributed by atoms with Gasteiger partial charge in [-0.25, -0.2) is 5.01 Å². The molecule has 0 aromatic carbocycles. The van der Waals surface area contributed by atoms with Crippen molar-refractivity contribution in [3.63, 3.8) is 0 Å². The fraction of sp³-hybridized carbons (Fsp3) is 0.353. The van der Waals surface area contributed by atoms with Crippen molar-refractivity contribution in [3.05, 3.63) is 40.5 Å². The summed E-state index contributed by atoms with van der Waals surface area (Å²) in [6.45, 7) is 5.06. The van der Waals surface area contributed by atoms with Crippen LogP contribution in [0.3, 0.4) is 0 Å². The summed E-state index contributed by atoms with van der Waals surface area (Å²) in [6, 6.07) is 4.08. The number of hydrogen-bond donors (Lipinski definition) is 2. The maximum atomic E-state index is 12.9. The molecule has 2 amide bonds. The molecule has 2 rings (SSSR count). The monoisotopic (exact) mass is 400 g/mol. The van der Waals surface area contributed by atoms with Crippen LogP contribution in [0.15, 0.2) is 24.4 Å². The molecule has 0 spiro atoms. The molecule has 0 aliphatic carbocycles. The number of aromatic nitrogens is 1. The Morgan fingerprint density at radius 2 is 2.11 bits per heavy atom. The van der Waals surface area contributed by atoms with Crippen LogP contribution in [-0.4, -0.2) is 17.3 Å². The van der Waals surface area contributed by atoms with E-state index < -0.39 is 11.7 Å². The second kappa shape index (κ2) is 8.38. The van der Waals surface area contributed by atoms with Gasteiger partial charge in [-0.05, 0) is 32.0 Å². The van der Waals surface area contributed by atoms with Crippen molar-refractivity contribution >= 4 is 34.3 Å². The first kappa shape index (κ1) is 20.7. The van der Waals surface area contributed by atoms with Gasteiger partial charge in [0, 0.05) is 17.5 Å². The van der Waals surface area contributed by atoms with Crippen LogP contribution in [0, 0.1) is 6.92 Å². The van der Waals surface area contributed by atoms with E-state index in [-0.39, 0.29) is 24.1 Å². The van der Waals surface area contributed by atoms with Crippen LogP contribution in [-0.2, 0) is 15.8 Å². The van der Waals surface area contributed by atoms with Gasteiger partial charge in [-0.3, -0.25) is 20.0 Å². The lowest BCUT2D eigenvalue weighted by Crippen LogP contribution is -2.40. The lowest BCUT2D eigenvalue weighted by molar-refractivity contribution is -0.137. The number of nitrogens with one attached hydrogen (secondary N) is 2. The fourth-order valence-corrected chi connectivity index (χ4v) is 3.13. The van der Waals surface area contributed by atoms with Crippen molar-refractivity contribution in [2.45, 2.75) is 39.4 Å². The summed E-state index contributed by atoms with van der Waals surface area (Å²) in [6.07, 6.45) is -2.96. The number of alkyl halides is 3. The standard InChI is InChI=1S/C17H19F3N4O2S/c1-4-15(26)23-24(9-25)16-6-5-14(27-16)11(3)22-13-7-12(17(18,19)20)8-21-10(13)2/h5-9,11,22H,4H2,1-3H3,(H,23,26)/t11-/m0/s1. The highest BCUT2D eigenvalue weighted by Crippen LogP contribution is 2.34. The zero-order chi connectivity index (χ0) is 20.2. The molecule has 10 heteroatoms. The Morgan fingerprint density at radius 1 is 1.41 bits per heavy atom. The number of hydrogen-bond acceptors (Lipinski definition) is 5. The van der Waals surface area contributed by atoms with Crippen LogP contribution in [0.1, 0.15) is 42.4 Å². The third kappa shape index (κ3) is 5.19. The van der Waals surface area contributed by atoms with E-state index in [1.807, 2.05) is 0 Å². The molecule has 0 saturated heterocycles. The first-order valence-electron chi connectivity index (χ1n) is 8.09. The molecule has 146 valence electrons. The number of pyridine rings is 1. The smallest absolute Gasteiger partial charge is 0.376 e. The quantitative estimate of drug-likeness (QED) is 0.543. The molecule has 0 bridgehead atoms. The van der Waals surface area contributed by atoms with E-state index in [0.29, 0.717) is 17.1 Å². The van der Waals surface area contributed by atoms with E-state index in [1.165, 1.54) is 11.3 Å². The highest BCUT2D eigenvalue weighted by atomic mass is 32.1. The van der Waals surface area contributed by atoms with Gasteiger partial charge in [-0.15, -0.1) is 11.3 Å². The van der Waals surface area contributed by atoms with Crippen molar-refractivity contribution in [3.8, 4) is 0 Å². The lowest BCUT2D eigenvalue weighted by atomic mass is 10.2. The van der Waals surface area contributed by atoms with E-state index in [2.05, 4.69) is 15.7 Å². The maximum absolute atomic E-state index is 12.9. The number of amides is 2. The number of thiophene rings is 1. The van der Waals surface area contributed by atoms with E-state index in [4.69, 9.17) is 0 Å². The van der Waals surface area contributed by atoms with Crippen molar-refractivity contribution in [2.24, 2.45) is 0 Å². The van der Waals surface area contributed by atoms with Crippen molar-refractivity contribution in [1.29, 1.82) is 0 Å². The number of aryl methyl sites for hydroxylation is 1. The first-order valence-corrected chi connectivity index (χ1v) is 8.91. The average Bonchev–Trinajstić information content (AvgIpc) is 3.10. The van der Waals surface area contributed by atoms with Gasteiger partial charge in [-0.2, -0.15) is 13.2 Å². The Balaban J connectivity index is 2.18. The second-order valence-electron chi connectivity index (χ2n) is 5.76. The third-order valence-electron chi connectivity index (χ3n) is 3.73. The van der Waals surface area contributed by atoms with Crippen LogP contribution in [0.25, 0.3) is 0 Å². The molecule has 0 saturated carbocycles. The Bertz CT molecular complexity index is 823. The Labute approximate surface area is 158 Å². The number of carbonyl (C=O) groups excluding carboxylic acids is 2. The number of carbonyl (C=O) groups is 2.